The number of aromatic nitrogens is 2. The van der Waals surface area contributed by atoms with Crippen LogP contribution in [-0.2, 0) is 0 Å². The van der Waals surface area contributed by atoms with Gasteiger partial charge < -0.3 is 11.1 Å². The fraction of sp³-hybridized carbons (Fsp3) is 0.667. The Morgan fingerprint density at radius 2 is 2.11 bits per heavy atom. The van der Waals surface area contributed by atoms with E-state index in [-0.39, 0.29) is 0 Å². The molecule has 5 nitrogen and oxygen atoms in total. The Balaban J connectivity index is 1.88. The summed E-state index contributed by atoms with van der Waals surface area (Å²) in [6, 6.07) is 0.471. The molecule has 1 unspecified atom stereocenters. The molecule has 0 spiro atoms. The fourth-order valence-corrected chi connectivity index (χ4v) is 2.38. The van der Waals surface area contributed by atoms with Gasteiger partial charge in [-0.3, -0.25) is 4.90 Å². The number of halogens is 1. The molecule has 0 aromatic carbocycles. The van der Waals surface area contributed by atoms with Crippen LogP contribution in [0.25, 0.3) is 0 Å². The van der Waals surface area contributed by atoms with E-state index in [1.54, 1.807) is 0 Å². The van der Waals surface area contributed by atoms with Crippen molar-refractivity contribution in [1.29, 1.82) is 0 Å². The Bertz CT molecular complexity index is 392. The summed E-state index contributed by atoms with van der Waals surface area (Å²) < 4.78 is 0. The maximum absolute atomic E-state index is 5.85. The number of nitrogen functional groups attached to an aromatic ring is 1. The molecular weight excluding hydrogens is 250 g/mol. The maximum atomic E-state index is 5.85. The SMILES string of the molecule is CC(CNc1ncnc(Cl)c1N)N1CCCCC1. The zero-order chi connectivity index (χ0) is 13.0. The lowest BCUT2D eigenvalue weighted by Gasteiger charge is -2.32. The summed E-state index contributed by atoms with van der Waals surface area (Å²) >= 11 is 5.85. The Morgan fingerprint density at radius 3 is 2.83 bits per heavy atom. The van der Waals surface area contributed by atoms with Crippen LogP contribution in [0, 0.1) is 0 Å². The van der Waals surface area contributed by atoms with Crippen LogP contribution in [0.5, 0.6) is 0 Å². The van der Waals surface area contributed by atoms with E-state index in [2.05, 4.69) is 27.1 Å². The second-order valence-corrected chi connectivity index (χ2v) is 5.11. The van der Waals surface area contributed by atoms with E-state index in [1.165, 1.54) is 38.7 Å². The molecule has 2 rings (SSSR count). The lowest BCUT2D eigenvalue weighted by atomic mass is 10.1. The zero-order valence-corrected chi connectivity index (χ0v) is 11.5. The highest BCUT2D eigenvalue weighted by Crippen LogP contribution is 2.22. The first-order valence-electron chi connectivity index (χ1n) is 6.42. The van der Waals surface area contributed by atoms with Gasteiger partial charge in [0, 0.05) is 12.6 Å². The second kappa shape index (κ2) is 6.20. The van der Waals surface area contributed by atoms with Crippen LogP contribution < -0.4 is 11.1 Å². The zero-order valence-electron chi connectivity index (χ0n) is 10.7. The van der Waals surface area contributed by atoms with E-state index in [4.69, 9.17) is 17.3 Å². The molecule has 0 aliphatic carbocycles. The summed E-state index contributed by atoms with van der Waals surface area (Å²) in [5.41, 5.74) is 6.24. The second-order valence-electron chi connectivity index (χ2n) is 4.75. The first-order chi connectivity index (χ1) is 8.68. The largest absolute Gasteiger partial charge is 0.393 e. The highest BCUT2D eigenvalue weighted by Gasteiger charge is 2.17. The average Bonchev–Trinajstić information content (AvgIpc) is 2.41. The molecule has 1 aliphatic heterocycles. The first-order valence-corrected chi connectivity index (χ1v) is 6.80. The molecule has 100 valence electrons. The first kappa shape index (κ1) is 13.4. The van der Waals surface area contributed by atoms with Crippen molar-refractivity contribution in [3.8, 4) is 0 Å². The number of nitrogens with one attached hydrogen (secondary N) is 1. The quantitative estimate of drug-likeness (QED) is 0.819. The van der Waals surface area contributed by atoms with Crippen molar-refractivity contribution in [3.05, 3.63) is 11.5 Å². The number of hydrogen-bond acceptors (Lipinski definition) is 5. The molecule has 1 aromatic heterocycles. The van der Waals surface area contributed by atoms with Gasteiger partial charge in [0.15, 0.2) is 11.0 Å². The third-order valence-electron chi connectivity index (χ3n) is 3.41. The summed E-state index contributed by atoms with van der Waals surface area (Å²) in [5, 5.41) is 3.55. The van der Waals surface area contributed by atoms with Crippen LogP contribution in [0.4, 0.5) is 11.5 Å². The van der Waals surface area contributed by atoms with Gasteiger partial charge in [0.05, 0.1) is 0 Å². The highest BCUT2D eigenvalue weighted by molar-refractivity contribution is 6.32. The monoisotopic (exact) mass is 269 g/mol. The number of nitrogens with zero attached hydrogens (tertiary/aromatic N) is 3. The van der Waals surface area contributed by atoms with Crippen molar-refractivity contribution >= 4 is 23.1 Å². The number of piperidine rings is 1. The van der Waals surface area contributed by atoms with E-state index in [9.17, 15) is 0 Å². The lowest BCUT2D eigenvalue weighted by molar-refractivity contribution is 0.180. The third-order valence-corrected chi connectivity index (χ3v) is 3.72. The Morgan fingerprint density at radius 1 is 1.39 bits per heavy atom. The van der Waals surface area contributed by atoms with Gasteiger partial charge in [-0.05, 0) is 32.9 Å². The normalized spacial score (nSPS) is 18.6. The highest BCUT2D eigenvalue weighted by atomic mass is 35.5. The Hall–Kier alpha value is -1.07. The smallest absolute Gasteiger partial charge is 0.157 e. The van der Waals surface area contributed by atoms with Gasteiger partial charge in [0.2, 0.25) is 0 Å². The van der Waals surface area contributed by atoms with Crippen LogP contribution in [-0.4, -0.2) is 40.5 Å². The van der Waals surface area contributed by atoms with Gasteiger partial charge >= 0.3 is 0 Å². The lowest BCUT2D eigenvalue weighted by Crippen LogP contribution is -2.41. The van der Waals surface area contributed by atoms with Gasteiger partial charge in [-0.2, -0.15) is 0 Å². The number of nitrogens with two attached hydrogens (primary N) is 1. The predicted octanol–water partition coefficient (Wildman–Crippen LogP) is 2.00. The summed E-state index contributed by atoms with van der Waals surface area (Å²) in [6.07, 6.45) is 5.37. The Labute approximate surface area is 113 Å². The molecule has 0 bridgehead atoms. The van der Waals surface area contributed by atoms with Gasteiger partial charge in [-0.15, -0.1) is 0 Å². The molecule has 1 aromatic rings. The molecule has 18 heavy (non-hydrogen) atoms. The summed E-state index contributed by atoms with van der Waals surface area (Å²) in [6.45, 7) is 5.40. The third kappa shape index (κ3) is 3.23. The maximum Gasteiger partial charge on any atom is 0.157 e. The van der Waals surface area contributed by atoms with E-state index in [0.29, 0.717) is 22.7 Å². The molecule has 0 saturated carbocycles. The molecule has 6 heteroatoms. The predicted molar refractivity (Wildman–Crippen MR) is 74.8 cm³/mol. The minimum atomic E-state index is 0.304. The van der Waals surface area contributed by atoms with Crippen molar-refractivity contribution in [1.82, 2.24) is 14.9 Å². The van der Waals surface area contributed by atoms with Crippen molar-refractivity contribution in [3.63, 3.8) is 0 Å². The van der Waals surface area contributed by atoms with E-state index in [1.807, 2.05) is 0 Å². The van der Waals surface area contributed by atoms with Crippen LogP contribution in [0.2, 0.25) is 5.15 Å². The Kier molecular flexibility index (Phi) is 4.60. The topological polar surface area (TPSA) is 67.1 Å². The number of rotatable bonds is 4. The van der Waals surface area contributed by atoms with Crippen LogP contribution >= 0.6 is 11.6 Å². The number of likely N-dealkylation sites (tertiary alicyclic amines) is 1. The summed E-state index contributed by atoms with van der Waals surface area (Å²) in [5.74, 6) is 0.624. The number of hydrogen-bond donors (Lipinski definition) is 2. The molecule has 1 atom stereocenters. The summed E-state index contributed by atoms with van der Waals surface area (Å²) in [7, 11) is 0. The van der Waals surface area contributed by atoms with Crippen LogP contribution in [0.15, 0.2) is 6.33 Å². The van der Waals surface area contributed by atoms with E-state index in [0.717, 1.165) is 6.54 Å². The average molecular weight is 270 g/mol. The molecular formula is C12H20ClN5. The van der Waals surface area contributed by atoms with E-state index < -0.39 is 0 Å². The van der Waals surface area contributed by atoms with Gasteiger partial charge in [0.1, 0.15) is 12.0 Å². The summed E-state index contributed by atoms with van der Waals surface area (Å²) in [4.78, 5) is 10.4. The molecule has 2 heterocycles. The van der Waals surface area contributed by atoms with E-state index >= 15 is 0 Å². The van der Waals surface area contributed by atoms with Crippen molar-refractivity contribution in [2.45, 2.75) is 32.2 Å². The van der Waals surface area contributed by atoms with Crippen molar-refractivity contribution < 1.29 is 0 Å². The minimum absolute atomic E-state index is 0.304. The van der Waals surface area contributed by atoms with Crippen molar-refractivity contribution in [2.75, 3.05) is 30.7 Å². The molecule has 0 amide bonds. The van der Waals surface area contributed by atoms with Gasteiger partial charge in [-0.25, -0.2) is 9.97 Å². The van der Waals surface area contributed by atoms with Crippen LogP contribution in [0.1, 0.15) is 26.2 Å². The molecule has 1 aliphatic rings. The fourth-order valence-electron chi connectivity index (χ4n) is 2.25. The van der Waals surface area contributed by atoms with Crippen LogP contribution in [0.3, 0.4) is 0 Å². The molecule has 3 N–H and O–H groups in total. The standard InChI is InChI=1S/C12H20ClN5/c1-9(18-5-3-2-4-6-18)7-15-12-10(14)11(13)16-8-17-12/h8-9H,2-7,14H2,1H3,(H,15,16,17). The van der Waals surface area contributed by atoms with Gasteiger partial charge in [-0.1, -0.05) is 18.0 Å². The molecule has 0 radical (unpaired) electrons. The molecule has 1 saturated heterocycles. The molecule has 1 fully saturated rings. The minimum Gasteiger partial charge on any atom is -0.393 e. The van der Waals surface area contributed by atoms with Crippen molar-refractivity contribution in [2.24, 2.45) is 0 Å². The van der Waals surface area contributed by atoms with Gasteiger partial charge in [0.25, 0.3) is 0 Å². The number of anilines is 2.